The molecule has 1 heterocycles. The van der Waals surface area contributed by atoms with Crippen LogP contribution in [0.4, 0.5) is 13.2 Å². The lowest BCUT2D eigenvalue weighted by Gasteiger charge is -2.42. The number of aliphatic hydroxyl groups is 1. The third-order valence-electron chi connectivity index (χ3n) is 7.40. The van der Waals surface area contributed by atoms with Crippen molar-refractivity contribution in [1.82, 2.24) is 0 Å². The summed E-state index contributed by atoms with van der Waals surface area (Å²) in [6, 6.07) is 0. The zero-order valence-electron chi connectivity index (χ0n) is 21.2. The summed E-state index contributed by atoms with van der Waals surface area (Å²) in [4.78, 5) is 13.0. The Bertz CT molecular complexity index is 693. The van der Waals surface area contributed by atoms with E-state index >= 15 is 0 Å². The number of hydrogen-bond donors (Lipinski definition) is 2. The van der Waals surface area contributed by atoms with E-state index in [0.29, 0.717) is 38.7 Å². The molecule has 1 saturated heterocycles. The Labute approximate surface area is 207 Å². The van der Waals surface area contributed by atoms with Gasteiger partial charge in [-0.15, -0.1) is 0 Å². The summed E-state index contributed by atoms with van der Waals surface area (Å²) in [5, 5.41) is 22.0. The molecule has 2 unspecified atom stereocenters. The number of carboxylic acid groups (broad SMARTS) is 1. The molecule has 2 N–H and O–H groups in total. The smallest absolute Gasteiger partial charge is 0.392 e. The van der Waals surface area contributed by atoms with Crippen LogP contribution in [-0.2, 0) is 14.3 Å². The van der Waals surface area contributed by atoms with Crippen LogP contribution >= 0.6 is 0 Å². The molecule has 5 nitrogen and oxygen atoms in total. The molecule has 1 aliphatic carbocycles. The van der Waals surface area contributed by atoms with Crippen molar-refractivity contribution in [1.29, 1.82) is 0 Å². The average Bonchev–Trinajstić information content (AvgIpc) is 3.34. The van der Waals surface area contributed by atoms with E-state index in [1.54, 1.807) is 6.08 Å². The van der Waals surface area contributed by atoms with E-state index < -0.39 is 41.8 Å². The first-order valence-corrected chi connectivity index (χ1v) is 13.3. The Morgan fingerprint density at radius 3 is 2.31 bits per heavy atom. The van der Waals surface area contributed by atoms with Crippen LogP contribution < -0.4 is 0 Å². The van der Waals surface area contributed by atoms with Gasteiger partial charge in [0.25, 0.3) is 0 Å². The summed E-state index contributed by atoms with van der Waals surface area (Å²) in [6.07, 6.45) is 4.88. The Morgan fingerprint density at radius 2 is 1.77 bits per heavy atom. The van der Waals surface area contributed by atoms with E-state index in [4.69, 9.17) is 9.47 Å². The fourth-order valence-corrected chi connectivity index (χ4v) is 5.39. The average molecular weight is 505 g/mol. The maximum atomic E-state index is 13.8. The highest BCUT2D eigenvalue weighted by Gasteiger charge is 2.56. The van der Waals surface area contributed by atoms with Crippen molar-refractivity contribution in [2.45, 2.75) is 116 Å². The Kier molecular flexibility index (Phi) is 12.1. The Balaban J connectivity index is 2.54. The van der Waals surface area contributed by atoms with Gasteiger partial charge < -0.3 is 19.7 Å². The molecule has 2 aliphatic rings. The summed E-state index contributed by atoms with van der Waals surface area (Å²) < 4.78 is 53.2. The van der Waals surface area contributed by atoms with E-state index in [9.17, 15) is 28.2 Å². The van der Waals surface area contributed by atoms with Gasteiger partial charge in [-0.1, -0.05) is 51.7 Å². The zero-order chi connectivity index (χ0) is 25.9. The number of allylic oxidation sites excluding steroid dienone is 2. The van der Waals surface area contributed by atoms with Crippen LogP contribution in [0.2, 0.25) is 0 Å². The maximum absolute atomic E-state index is 13.8. The van der Waals surface area contributed by atoms with E-state index in [-0.39, 0.29) is 25.0 Å². The number of halogens is 3. The van der Waals surface area contributed by atoms with Crippen LogP contribution in [0.3, 0.4) is 0 Å². The Morgan fingerprint density at radius 1 is 1.09 bits per heavy atom. The molecule has 0 radical (unpaired) electrons. The molecular weight excluding hydrogens is 461 g/mol. The first-order valence-electron chi connectivity index (χ1n) is 13.3. The van der Waals surface area contributed by atoms with Gasteiger partial charge in [0.1, 0.15) is 5.76 Å². The molecular formula is C27H43F3O5. The van der Waals surface area contributed by atoms with Crippen molar-refractivity contribution >= 4 is 5.97 Å². The summed E-state index contributed by atoms with van der Waals surface area (Å²) in [5.41, 5.74) is -1.82. The molecule has 1 aliphatic heterocycles. The first kappa shape index (κ1) is 29.7. The molecule has 4 atom stereocenters. The molecule has 8 heteroatoms. The molecule has 0 aromatic heterocycles. The second-order valence-electron chi connectivity index (χ2n) is 9.89. The van der Waals surface area contributed by atoms with Crippen molar-refractivity contribution in [2.75, 3.05) is 6.61 Å². The highest BCUT2D eigenvalue weighted by molar-refractivity contribution is 5.79. The predicted molar refractivity (Wildman–Crippen MR) is 129 cm³/mol. The molecule has 35 heavy (non-hydrogen) atoms. The number of hydrogen-bond acceptors (Lipinski definition) is 4. The van der Waals surface area contributed by atoms with Crippen LogP contribution in [0.15, 0.2) is 24.0 Å². The van der Waals surface area contributed by atoms with Crippen LogP contribution in [0.5, 0.6) is 0 Å². The zero-order valence-corrected chi connectivity index (χ0v) is 21.2. The minimum absolute atomic E-state index is 0.0327. The van der Waals surface area contributed by atoms with Crippen molar-refractivity contribution in [2.24, 2.45) is 17.3 Å². The second kappa shape index (κ2) is 14.3. The summed E-state index contributed by atoms with van der Waals surface area (Å²) in [5.74, 6) is -3.34. The highest BCUT2D eigenvalue weighted by Crippen LogP contribution is 2.50. The lowest BCUT2D eigenvalue weighted by Crippen LogP contribution is -2.50. The third kappa shape index (κ3) is 7.97. The minimum Gasteiger partial charge on any atom is -0.480 e. The molecule has 2 rings (SSSR count). The van der Waals surface area contributed by atoms with Gasteiger partial charge in [-0.3, -0.25) is 4.79 Å². The normalized spacial score (nSPS) is 23.8. The van der Waals surface area contributed by atoms with Gasteiger partial charge in [0, 0.05) is 6.42 Å². The molecule has 0 amide bonds. The van der Waals surface area contributed by atoms with Crippen LogP contribution in [0.1, 0.15) is 97.3 Å². The molecule has 0 aromatic carbocycles. The number of rotatable bonds is 14. The number of ether oxygens (including phenoxy) is 2. The molecule has 0 bridgehead atoms. The number of carboxylic acids is 1. The van der Waals surface area contributed by atoms with Crippen LogP contribution in [-0.4, -0.2) is 41.4 Å². The number of alkyl halides is 3. The van der Waals surface area contributed by atoms with E-state index in [1.165, 1.54) is 6.08 Å². The summed E-state index contributed by atoms with van der Waals surface area (Å²) in [6.45, 7) is 4.23. The fourth-order valence-electron chi connectivity index (χ4n) is 5.39. The van der Waals surface area contributed by atoms with Gasteiger partial charge in [0.05, 0.1) is 18.6 Å². The van der Waals surface area contributed by atoms with Gasteiger partial charge in [0.2, 0.25) is 0 Å². The largest absolute Gasteiger partial charge is 0.480 e. The van der Waals surface area contributed by atoms with Gasteiger partial charge in [0.15, 0.2) is 11.7 Å². The fraction of sp³-hybridized carbons (Fsp3) is 0.815. The molecule has 0 aromatic rings. The van der Waals surface area contributed by atoms with Gasteiger partial charge in [-0.05, 0) is 63.4 Å². The maximum Gasteiger partial charge on any atom is 0.392 e. The van der Waals surface area contributed by atoms with E-state index in [0.717, 1.165) is 32.1 Å². The van der Waals surface area contributed by atoms with Gasteiger partial charge in [-0.25, -0.2) is 0 Å². The van der Waals surface area contributed by atoms with Crippen molar-refractivity contribution in [3.05, 3.63) is 24.0 Å². The van der Waals surface area contributed by atoms with Crippen molar-refractivity contribution in [3.63, 3.8) is 0 Å². The SMILES string of the molecule is CC/C=C\C[C@@H](O)[C@@](C(=O)O)(/C(=C\CC(CCCC)C(F)(F)F)OC1CCCCO1)C1CCCC1. The van der Waals surface area contributed by atoms with Crippen molar-refractivity contribution < 1.29 is 37.7 Å². The lowest BCUT2D eigenvalue weighted by atomic mass is 9.67. The molecule has 1 saturated carbocycles. The van der Waals surface area contributed by atoms with E-state index in [1.807, 2.05) is 19.9 Å². The summed E-state index contributed by atoms with van der Waals surface area (Å²) >= 11 is 0. The number of aliphatic hydroxyl groups excluding tert-OH is 1. The monoisotopic (exact) mass is 504 g/mol. The number of carbonyl (C=O) groups is 1. The Hall–Kier alpha value is -1.54. The molecule has 202 valence electrons. The number of unbranched alkanes of at least 4 members (excludes halogenated alkanes) is 1. The quantitative estimate of drug-likeness (QED) is 0.194. The van der Waals surface area contributed by atoms with E-state index in [2.05, 4.69) is 0 Å². The number of aliphatic carboxylic acids is 1. The van der Waals surface area contributed by atoms with Gasteiger partial charge >= 0.3 is 12.1 Å². The predicted octanol–water partition coefficient (Wildman–Crippen LogP) is 7.15. The van der Waals surface area contributed by atoms with Crippen LogP contribution in [0.25, 0.3) is 0 Å². The second-order valence-corrected chi connectivity index (χ2v) is 9.89. The third-order valence-corrected chi connectivity index (χ3v) is 7.40. The first-order chi connectivity index (χ1) is 16.7. The summed E-state index contributed by atoms with van der Waals surface area (Å²) in [7, 11) is 0. The lowest BCUT2D eigenvalue weighted by molar-refractivity contribution is -0.183. The van der Waals surface area contributed by atoms with Crippen molar-refractivity contribution in [3.8, 4) is 0 Å². The van der Waals surface area contributed by atoms with Gasteiger partial charge in [-0.2, -0.15) is 13.2 Å². The molecule has 0 spiro atoms. The standard InChI is InChI=1S/C27H43F3O5/c1-3-5-7-15-22(31)26(25(32)33,20-13-8-9-14-20)23(35-24-16-10-11-19-34-24)18-17-21(12-6-4-2)27(28,29)30/h5,7,18,20-22,24,31H,3-4,6,8-17,19H2,1-2H3,(H,32,33)/b7-5-,23-18+/t21?,22-,24?,26-/m1/s1. The molecule has 2 fully saturated rings. The van der Waals surface area contributed by atoms with Crippen LogP contribution in [0, 0.1) is 17.3 Å². The topological polar surface area (TPSA) is 76.0 Å². The highest BCUT2D eigenvalue weighted by atomic mass is 19.4. The minimum atomic E-state index is -4.40.